The van der Waals surface area contributed by atoms with E-state index < -0.39 is 5.60 Å². The van der Waals surface area contributed by atoms with Crippen molar-refractivity contribution in [3.63, 3.8) is 0 Å². The standard InChI is InChI=1S/C17H20ClN3O3/c1-10-7-20(16(23)24-17(2,3)4)8-13-12(9-22)11-5-6-14(18)19-15(11)21(10)13/h5-6,9-10H,7-8H2,1-4H3/t10-/m1/s1. The van der Waals surface area contributed by atoms with Crippen molar-refractivity contribution in [3.8, 4) is 0 Å². The summed E-state index contributed by atoms with van der Waals surface area (Å²) in [5.74, 6) is 0. The second-order valence-corrected chi connectivity index (χ2v) is 7.45. The third-order valence-corrected chi connectivity index (χ3v) is 4.21. The molecule has 0 N–H and O–H groups in total. The molecule has 0 spiro atoms. The normalized spacial score (nSPS) is 17.7. The molecule has 0 bridgehead atoms. The minimum absolute atomic E-state index is 0.0385. The van der Waals surface area contributed by atoms with Crippen molar-refractivity contribution in [2.75, 3.05) is 6.54 Å². The Balaban J connectivity index is 2.06. The molecule has 1 aliphatic heterocycles. The number of carbonyl (C=O) groups is 2. The molecule has 7 heteroatoms. The van der Waals surface area contributed by atoms with Gasteiger partial charge in [0.2, 0.25) is 0 Å². The Kier molecular flexibility index (Phi) is 4.03. The van der Waals surface area contributed by atoms with Crippen LogP contribution >= 0.6 is 11.6 Å². The van der Waals surface area contributed by atoms with E-state index in [1.54, 1.807) is 17.0 Å². The van der Waals surface area contributed by atoms with E-state index in [-0.39, 0.29) is 12.1 Å². The van der Waals surface area contributed by atoms with Crippen LogP contribution < -0.4 is 0 Å². The van der Waals surface area contributed by atoms with Crippen LogP contribution in [-0.2, 0) is 11.3 Å². The lowest BCUT2D eigenvalue weighted by Crippen LogP contribution is -2.43. The van der Waals surface area contributed by atoms with Crippen LogP contribution in [0.4, 0.5) is 4.79 Å². The summed E-state index contributed by atoms with van der Waals surface area (Å²) in [7, 11) is 0. The Morgan fingerprint density at radius 3 is 2.75 bits per heavy atom. The van der Waals surface area contributed by atoms with E-state index in [0.29, 0.717) is 29.5 Å². The molecular formula is C17H20ClN3O3. The van der Waals surface area contributed by atoms with Crippen molar-refractivity contribution < 1.29 is 14.3 Å². The second kappa shape index (κ2) is 5.77. The molecule has 0 aliphatic carbocycles. The zero-order chi connectivity index (χ0) is 17.6. The highest BCUT2D eigenvalue weighted by molar-refractivity contribution is 6.29. The first-order chi connectivity index (χ1) is 11.2. The van der Waals surface area contributed by atoms with Gasteiger partial charge in [-0.15, -0.1) is 0 Å². The van der Waals surface area contributed by atoms with Gasteiger partial charge in [-0.3, -0.25) is 4.79 Å². The number of pyridine rings is 1. The van der Waals surface area contributed by atoms with Crippen LogP contribution in [0.1, 0.15) is 49.8 Å². The van der Waals surface area contributed by atoms with Gasteiger partial charge in [0, 0.05) is 17.5 Å². The molecule has 1 atom stereocenters. The Morgan fingerprint density at radius 2 is 2.12 bits per heavy atom. The summed E-state index contributed by atoms with van der Waals surface area (Å²) in [4.78, 5) is 30.0. The Hall–Kier alpha value is -2.08. The minimum Gasteiger partial charge on any atom is -0.444 e. The van der Waals surface area contributed by atoms with E-state index in [9.17, 15) is 9.59 Å². The van der Waals surface area contributed by atoms with Gasteiger partial charge in [0.05, 0.1) is 18.3 Å². The molecular weight excluding hydrogens is 330 g/mol. The lowest BCUT2D eigenvalue weighted by molar-refractivity contribution is 0.0175. The summed E-state index contributed by atoms with van der Waals surface area (Å²) in [5.41, 5.74) is 1.43. The van der Waals surface area contributed by atoms with E-state index in [4.69, 9.17) is 16.3 Å². The molecule has 24 heavy (non-hydrogen) atoms. The van der Waals surface area contributed by atoms with Gasteiger partial charge >= 0.3 is 6.09 Å². The van der Waals surface area contributed by atoms with Crippen molar-refractivity contribution in [1.29, 1.82) is 0 Å². The Bertz CT molecular complexity index is 823. The molecule has 128 valence electrons. The molecule has 0 saturated heterocycles. The molecule has 1 amide bonds. The molecule has 0 unspecified atom stereocenters. The first-order valence-corrected chi connectivity index (χ1v) is 8.21. The topological polar surface area (TPSA) is 64.4 Å². The summed E-state index contributed by atoms with van der Waals surface area (Å²) in [5, 5.41) is 1.13. The number of carbonyl (C=O) groups excluding carboxylic acids is 2. The quantitative estimate of drug-likeness (QED) is 0.580. The van der Waals surface area contributed by atoms with Gasteiger partial charge in [-0.1, -0.05) is 11.6 Å². The summed E-state index contributed by atoms with van der Waals surface area (Å²) < 4.78 is 7.45. The van der Waals surface area contributed by atoms with Crippen LogP contribution in [0.25, 0.3) is 11.0 Å². The first kappa shape index (κ1) is 16.8. The lowest BCUT2D eigenvalue weighted by atomic mass is 10.1. The number of halogens is 1. The maximum atomic E-state index is 12.4. The number of aldehydes is 1. The number of amides is 1. The number of aromatic nitrogens is 2. The van der Waals surface area contributed by atoms with Gasteiger partial charge in [0.15, 0.2) is 6.29 Å². The monoisotopic (exact) mass is 349 g/mol. The van der Waals surface area contributed by atoms with Crippen LogP contribution in [0.2, 0.25) is 5.15 Å². The van der Waals surface area contributed by atoms with Crippen molar-refractivity contribution in [1.82, 2.24) is 14.5 Å². The molecule has 1 aliphatic rings. The van der Waals surface area contributed by atoms with Crippen molar-refractivity contribution in [2.24, 2.45) is 0 Å². The Labute approximate surface area is 145 Å². The van der Waals surface area contributed by atoms with E-state index in [0.717, 1.165) is 17.4 Å². The number of fused-ring (bicyclic) bond motifs is 3. The van der Waals surface area contributed by atoms with Crippen molar-refractivity contribution in [2.45, 2.75) is 45.9 Å². The number of nitrogens with zero attached hydrogens (tertiary/aromatic N) is 3. The van der Waals surface area contributed by atoms with Crippen molar-refractivity contribution >= 4 is 35.0 Å². The first-order valence-electron chi connectivity index (χ1n) is 7.83. The lowest BCUT2D eigenvalue weighted by Gasteiger charge is -2.34. The van der Waals surface area contributed by atoms with Crippen LogP contribution in [0.5, 0.6) is 0 Å². The van der Waals surface area contributed by atoms with Gasteiger partial charge < -0.3 is 14.2 Å². The predicted molar refractivity (Wildman–Crippen MR) is 91.5 cm³/mol. The highest BCUT2D eigenvalue weighted by Crippen LogP contribution is 2.33. The zero-order valence-corrected chi connectivity index (χ0v) is 14.9. The highest BCUT2D eigenvalue weighted by atomic mass is 35.5. The maximum Gasteiger partial charge on any atom is 0.410 e. The largest absolute Gasteiger partial charge is 0.444 e. The summed E-state index contributed by atoms with van der Waals surface area (Å²) in [6, 6.07) is 3.42. The van der Waals surface area contributed by atoms with Crippen LogP contribution in [0.3, 0.4) is 0 Å². The fourth-order valence-corrected chi connectivity index (χ4v) is 3.25. The molecule has 0 fully saturated rings. The minimum atomic E-state index is -0.562. The van der Waals surface area contributed by atoms with Gasteiger partial charge in [-0.25, -0.2) is 9.78 Å². The summed E-state index contributed by atoms with van der Waals surface area (Å²) in [6.45, 7) is 8.27. The van der Waals surface area contributed by atoms with Crippen LogP contribution in [0.15, 0.2) is 12.1 Å². The smallest absolute Gasteiger partial charge is 0.410 e. The molecule has 2 aromatic heterocycles. The van der Waals surface area contributed by atoms with Gasteiger partial charge in [-0.05, 0) is 39.8 Å². The Morgan fingerprint density at radius 1 is 1.42 bits per heavy atom. The van der Waals surface area contributed by atoms with E-state index in [1.165, 1.54) is 0 Å². The maximum absolute atomic E-state index is 12.4. The summed E-state index contributed by atoms with van der Waals surface area (Å²) >= 11 is 6.02. The molecule has 0 radical (unpaired) electrons. The molecule has 3 rings (SSSR count). The fourth-order valence-electron chi connectivity index (χ4n) is 3.11. The van der Waals surface area contributed by atoms with E-state index >= 15 is 0 Å². The third-order valence-electron chi connectivity index (χ3n) is 4.00. The second-order valence-electron chi connectivity index (χ2n) is 7.06. The fraction of sp³-hybridized carbons (Fsp3) is 0.471. The highest BCUT2D eigenvalue weighted by Gasteiger charge is 2.32. The van der Waals surface area contributed by atoms with Crippen LogP contribution in [0, 0.1) is 0 Å². The number of hydrogen-bond acceptors (Lipinski definition) is 4. The zero-order valence-electron chi connectivity index (χ0n) is 14.2. The molecule has 6 nitrogen and oxygen atoms in total. The average Bonchev–Trinajstić information content (AvgIpc) is 2.78. The number of hydrogen-bond donors (Lipinski definition) is 0. The van der Waals surface area contributed by atoms with E-state index in [1.807, 2.05) is 32.3 Å². The SMILES string of the molecule is C[C@@H]1CN(C(=O)OC(C)(C)C)Cc2c(C=O)c3ccc(Cl)nc3n21. The number of rotatable bonds is 1. The summed E-state index contributed by atoms with van der Waals surface area (Å²) in [6.07, 6.45) is 0.434. The molecule has 0 saturated carbocycles. The van der Waals surface area contributed by atoms with Gasteiger partial charge in [-0.2, -0.15) is 0 Å². The van der Waals surface area contributed by atoms with Gasteiger partial charge in [0.25, 0.3) is 0 Å². The van der Waals surface area contributed by atoms with Crippen LogP contribution in [-0.4, -0.2) is 39.0 Å². The van der Waals surface area contributed by atoms with Gasteiger partial charge in [0.1, 0.15) is 16.4 Å². The molecule has 0 aromatic carbocycles. The van der Waals surface area contributed by atoms with E-state index in [2.05, 4.69) is 4.98 Å². The number of ether oxygens (including phenoxy) is 1. The average molecular weight is 350 g/mol. The molecule has 3 heterocycles. The predicted octanol–water partition coefficient (Wildman–Crippen LogP) is 3.81. The molecule has 2 aromatic rings. The third kappa shape index (κ3) is 2.86. The van der Waals surface area contributed by atoms with Crippen molar-refractivity contribution in [3.05, 3.63) is 28.5 Å².